The quantitative estimate of drug-likeness (QED) is 0.832. The maximum Gasteiger partial charge on any atom is 0.244 e. The largest absolute Gasteiger partial charge is 0.312 e. The van der Waals surface area contributed by atoms with Crippen LogP contribution in [0.4, 0.5) is 0 Å². The third kappa shape index (κ3) is 2.96. The monoisotopic (exact) mass is 396 g/mol. The van der Waals surface area contributed by atoms with E-state index in [2.05, 4.69) is 37.2 Å². The van der Waals surface area contributed by atoms with Crippen molar-refractivity contribution < 1.29 is 8.42 Å². The van der Waals surface area contributed by atoms with Crippen LogP contribution in [0.2, 0.25) is 0 Å². The summed E-state index contributed by atoms with van der Waals surface area (Å²) in [6, 6.07) is 5.36. The van der Waals surface area contributed by atoms with Crippen LogP contribution in [0.5, 0.6) is 0 Å². The second kappa shape index (κ2) is 5.58. The first-order valence-corrected chi connectivity index (χ1v) is 8.62. The van der Waals surface area contributed by atoms with Gasteiger partial charge in [0.1, 0.15) is 0 Å². The lowest BCUT2D eigenvalue weighted by Crippen LogP contribution is -2.51. The Bertz CT molecular complexity index is 548. The van der Waals surface area contributed by atoms with Crippen LogP contribution >= 0.6 is 31.9 Å². The number of hydrogen-bond donors (Lipinski definition) is 1. The third-order valence-electron chi connectivity index (χ3n) is 2.84. The fourth-order valence-corrected chi connectivity index (χ4v) is 4.92. The van der Waals surface area contributed by atoms with Crippen molar-refractivity contribution in [1.29, 1.82) is 0 Å². The predicted octanol–water partition coefficient (Wildman–Crippen LogP) is 2.19. The summed E-state index contributed by atoms with van der Waals surface area (Å²) in [5, 5.41) is 3.23. The Morgan fingerprint density at radius 2 is 2.11 bits per heavy atom. The summed E-state index contributed by atoms with van der Waals surface area (Å²) in [6.45, 7) is 3.68. The van der Waals surface area contributed by atoms with Gasteiger partial charge in [-0.25, -0.2) is 8.42 Å². The Balaban J connectivity index is 2.38. The molecule has 4 nitrogen and oxygen atoms in total. The molecule has 1 atom stereocenters. The number of rotatable bonds is 2. The molecule has 0 aromatic heterocycles. The minimum atomic E-state index is -3.43. The summed E-state index contributed by atoms with van der Waals surface area (Å²) in [5.74, 6) is 0. The average Bonchev–Trinajstić information content (AvgIpc) is 2.32. The van der Waals surface area contributed by atoms with Crippen molar-refractivity contribution in [3.63, 3.8) is 0 Å². The number of piperazine rings is 1. The maximum absolute atomic E-state index is 12.6. The highest BCUT2D eigenvalue weighted by molar-refractivity contribution is 9.11. The molecule has 0 spiro atoms. The highest BCUT2D eigenvalue weighted by atomic mass is 79.9. The van der Waals surface area contributed by atoms with Crippen molar-refractivity contribution >= 4 is 41.9 Å². The van der Waals surface area contributed by atoms with E-state index in [0.717, 1.165) is 4.47 Å². The zero-order valence-corrected chi connectivity index (χ0v) is 13.8. The Hall–Kier alpha value is 0.0500. The van der Waals surface area contributed by atoms with Crippen molar-refractivity contribution in [3.8, 4) is 0 Å². The summed E-state index contributed by atoms with van der Waals surface area (Å²) in [7, 11) is -3.43. The van der Waals surface area contributed by atoms with E-state index in [9.17, 15) is 8.42 Å². The Labute approximate surface area is 124 Å². The molecule has 1 aromatic carbocycles. The smallest absolute Gasteiger partial charge is 0.244 e. The van der Waals surface area contributed by atoms with Gasteiger partial charge in [0.05, 0.1) is 4.90 Å². The van der Waals surface area contributed by atoms with Gasteiger partial charge in [0.2, 0.25) is 10.0 Å². The summed E-state index contributed by atoms with van der Waals surface area (Å²) in [5.41, 5.74) is 0. The zero-order chi connectivity index (χ0) is 13.3. The molecule has 0 aliphatic carbocycles. The first-order valence-electron chi connectivity index (χ1n) is 5.60. The number of hydrogen-bond acceptors (Lipinski definition) is 3. The van der Waals surface area contributed by atoms with Crippen molar-refractivity contribution in [2.24, 2.45) is 0 Å². The SMILES string of the molecule is C[C@@H]1CN(S(=O)(=O)c2cc(Br)ccc2Br)CCN1. The number of sulfonamides is 1. The first-order chi connectivity index (χ1) is 8.41. The van der Waals surface area contributed by atoms with Crippen LogP contribution in [0.15, 0.2) is 32.0 Å². The Morgan fingerprint density at radius 1 is 1.39 bits per heavy atom. The summed E-state index contributed by atoms with van der Waals surface area (Å²) in [6.07, 6.45) is 0. The molecule has 0 radical (unpaired) electrons. The van der Waals surface area contributed by atoms with Crippen molar-refractivity contribution in [2.45, 2.75) is 17.9 Å². The molecule has 18 heavy (non-hydrogen) atoms. The van der Waals surface area contributed by atoms with E-state index in [1.165, 1.54) is 4.31 Å². The first kappa shape index (κ1) is 14.5. The van der Waals surface area contributed by atoms with Crippen LogP contribution in [0, 0.1) is 0 Å². The van der Waals surface area contributed by atoms with E-state index >= 15 is 0 Å². The molecule has 1 saturated heterocycles. The van der Waals surface area contributed by atoms with Gasteiger partial charge >= 0.3 is 0 Å². The second-order valence-electron chi connectivity index (χ2n) is 4.29. The molecule has 1 N–H and O–H groups in total. The van der Waals surface area contributed by atoms with E-state index in [4.69, 9.17) is 0 Å². The van der Waals surface area contributed by atoms with Gasteiger partial charge in [-0.05, 0) is 41.1 Å². The van der Waals surface area contributed by atoms with E-state index in [-0.39, 0.29) is 6.04 Å². The van der Waals surface area contributed by atoms with Gasteiger partial charge in [-0.1, -0.05) is 15.9 Å². The van der Waals surface area contributed by atoms with Gasteiger partial charge in [0.15, 0.2) is 0 Å². The van der Waals surface area contributed by atoms with Crippen molar-refractivity contribution in [2.75, 3.05) is 19.6 Å². The van der Waals surface area contributed by atoms with E-state index in [0.29, 0.717) is 29.0 Å². The minimum absolute atomic E-state index is 0.180. The van der Waals surface area contributed by atoms with Gasteiger partial charge in [-0.2, -0.15) is 4.31 Å². The van der Waals surface area contributed by atoms with Gasteiger partial charge < -0.3 is 5.32 Å². The molecular weight excluding hydrogens is 384 g/mol. The normalized spacial score (nSPS) is 22.1. The van der Waals surface area contributed by atoms with Gasteiger partial charge in [-0.15, -0.1) is 0 Å². The van der Waals surface area contributed by atoms with Crippen LogP contribution < -0.4 is 5.32 Å². The molecule has 1 heterocycles. The fourth-order valence-electron chi connectivity index (χ4n) is 1.93. The molecule has 1 aromatic rings. The third-order valence-corrected chi connectivity index (χ3v) is 6.19. The van der Waals surface area contributed by atoms with Crippen LogP contribution in [0.25, 0.3) is 0 Å². The molecule has 2 rings (SSSR count). The second-order valence-corrected chi connectivity index (χ2v) is 7.97. The van der Waals surface area contributed by atoms with E-state index in [1.54, 1.807) is 12.1 Å². The van der Waals surface area contributed by atoms with Crippen LogP contribution in [-0.4, -0.2) is 38.4 Å². The maximum atomic E-state index is 12.6. The summed E-state index contributed by atoms with van der Waals surface area (Å²) in [4.78, 5) is 0.311. The lowest BCUT2D eigenvalue weighted by molar-refractivity contribution is 0.310. The molecule has 0 saturated carbocycles. The molecular formula is C11H14Br2N2O2S. The van der Waals surface area contributed by atoms with Gasteiger partial charge in [0.25, 0.3) is 0 Å². The van der Waals surface area contributed by atoms with Gasteiger partial charge in [-0.3, -0.25) is 0 Å². The van der Waals surface area contributed by atoms with Gasteiger partial charge in [0, 0.05) is 34.6 Å². The summed E-state index contributed by atoms with van der Waals surface area (Å²) < 4.78 is 28.0. The van der Waals surface area contributed by atoms with E-state index in [1.807, 2.05) is 13.0 Å². The highest BCUT2D eigenvalue weighted by Gasteiger charge is 2.29. The molecule has 1 aliphatic heterocycles. The number of nitrogens with zero attached hydrogens (tertiary/aromatic N) is 1. The molecule has 100 valence electrons. The standard InChI is InChI=1S/C11H14Br2N2O2S/c1-8-7-15(5-4-14-8)18(16,17)11-6-9(12)2-3-10(11)13/h2-3,6,8,14H,4-5,7H2,1H3/t8-/m1/s1. The zero-order valence-electron chi connectivity index (χ0n) is 9.86. The van der Waals surface area contributed by atoms with Crippen molar-refractivity contribution in [3.05, 3.63) is 27.1 Å². The number of halogens is 2. The Morgan fingerprint density at radius 3 is 2.78 bits per heavy atom. The predicted molar refractivity (Wildman–Crippen MR) is 78.1 cm³/mol. The molecule has 1 aliphatic rings. The van der Waals surface area contributed by atoms with Crippen LogP contribution in [0.1, 0.15) is 6.92 Å². The molecule has 0 bridgehead atoms. The number of benzene rings is 1. The minimum Gasteiger partial charge on any atom is -0.312 e. The highest BCUT2D eigenvalue weighted by Crippen LogP contribution is 2.28. The lowest BCUT2D eigenvalue weighted by atomic mass is 10.3. The summed E-state index contributed by atoms with van der Waals surface area (Å²) >= 11 is 6.61. The Kier molecular flexibility index (Phi) is 4.48. The average molecular weight is 398 g/mol. The molecule has 0 unspecified atom stereocenters. The van der Waals surface area contributed by atoms with Crippen LogP contribution in [0.3, 0.4) is 0 Å². The number of nitrogens with one attached hydrogen (secondary N) is 1. The lowest BCUT2D eigenvalue weighted by Gasteiger charge is -2.31. The topological polar surface area (TPSA) is 49.4 Å². The molecule has 1 fully saturated rings. The fraction of sp³-hybridized carbons (Fsp3) is 0.455. The molecule has 7 heteroatoms. The van der Waals surface area contributed by atoms with E-state index < -0.39 is 10.0 Å². The molecule has 0 amide bonds. The van der Waals surface area contributed by atoms with Crippen LogP contribution in [-0.2, 0) is 10.0 Å². The van der Waals surface area contributed by atoms with Crippen molar-refractivity contribution in [1.82, 2.24) is 9.62 Å².